The van der Waals surface area contributed by atoms with E-state index in [4.69, 9.17) is 9.47 Å². The summed E-state index contributed by atoms with van der Waals surface area (Å²) in [5, 5.41) is 7.06. The van der Waals surface area contributed by atoms with Gasteiger partial charge in [0.25, 0.3) is 0 Å². The highest BCUT2D eigenvalue weighted by Gasteiger charge is 2.25. The topological polar surface area (TPSA) is 79.3 Å². The Bertz CT molecular complexity index is 1130. The number of hydrogen-bond acceptors (Lipinski definition) is 8. The van der Waals surface area contributed by atoms with Crippen molar-refractivity contribution in [3.8, 4) is 17.0 Å². The normalized spacial score (nSPS) is 14.7. The first-order chi connectivity index (χ1) is 17.4. The van der Waals surface area contributed by atoms with E-state index in [2.05, 4.69) is 20.4 Å². The van der Waals surface area contributed by atoms with Crippen molar-refractivity contribution < 1.29 is 14.3 Å². The zero-order valence-corrected chi connectivity index (χ0v) is 21.8. The molecule has 0 saturated carbocycles. The van der Waals surface area contributed by atoms with Crippen LogP contribution in [0.1, 0.15) is 26.3 Å². The summed E-state index contributed by atoms with van der Waals surface area (Å²) in [4.78, 5) is 20.8. The van der Waals surface area contributed by atoms with Crippen molar-refractivity contribution >= 4 is 28.8 Å². The van der Waals surface area contributed by atoms with Crippen LogP contribution in [0.4, 0.5) is 9.93 Å². The number of ether oxygens (including phenoxy) is 2. The molecule has 0 unspecified atom stereocenters. The summed E-state index contributed by atoms with van der Waals surface area (Å²) in [5.41, 5.74) is 5.52. The van der Waals surface area contributed by atoms with E-state index >= 15 is 0 Å². The van der Waals surface area contributed by atoms with Gasteiger partial charge in [-0.3, -0.25) is 10.3 Å². The maximum absolute atomic E-state index is 12.2. The maximum Gasteiger partial charge on any atom is 0.410 e. The van der Waals surface area contributed by atoms with Gasteiger partial charge in [0.15, 0.2) is 0 Å². The molecule has 36 heavy (non-hydrogen) atoms. The summed E-state index contributed by atoms with van der Waals surface area (Å²) < 4.78 is 11.4. The number of carbonyl (C=O) groups excluding carboxylic acids is 1. The van der Waals surface area contributed by atoms with E-state index in [1.165, 1.54) is 11.3 Å². The Morgan fingerprint density at radius 3 is 2.50 bits per heavy atom. The van der Waals surface area contributed by atoms with Crippen LogP contribution >= 0.6 is 11.3 Å². The zero-order valence-electron chi connectivity index (χ0n) is 21.0. The fourth-order valence-electron chi connectivity index (χ4n) is 3.65. The summed E-state index contributed by atoms with van der Waals surface area (Å²) in [6.45, 7) is 10.0. The average molecular weight is 508 g/mol. The van der Waals surface area contributed by atoms with Crippen LogP contribution in [0.2, 0.25) is 0 Å². The molecule has 2 heterocycles. The van der Waals surface area contributed by atoms with Crippen molar-refractivity contribution in [1.29, 1.82) is 0 Å². The van der Waals surface area contributed by atoms with Crippen LogP contribution in [-0.4, -0.2) is 72.0 Å². The highest BCUT2D eigenvalue weighted by molar-refractivity contribution is 7.14. The van der Waals surface area contributed by atoms with Gasteiger partial charge < -0.3 is 14.4 Å². The number of rotatable bonds is 8. The Morgan fingerprint density at radius 1 is 1.08 bits per heavy atom. The second kappa shape index (κ2) is 12.0. The van der Waals surface area contributed by atoms with Crippen molar-refractivity contribution in [2.45, 2.75) is 26.4 Å². The number of piperazine rings is 1. The molecule has 1 fully saturated rings. The van der Waals surface area contributed by atoms with Crippen LogP contribution in [0, 0.1) is 0 Å². The number of carbonyl (C=O) groups is 1. The molecule has 4 rings (SSSR count). The predicted octanol–water partition coefficient (Wildman–Crippen LogP) is 5.19. The number of nitrogens with zero attached hydrogens (tertiary/aromatic N) is 4. The molecular formula is C27H33N5O3S. The summed E-state index contributed by atoms with van der Waals surface area (Å²) in [6.07, 6.45) is 1.53. The summed E-state index contributed by atoms with van der Waals surface area (Å²) >= 11 is 1.52. The first-order valence-corrected chi connectivity index (χ1v) is 13.0. The van der Waals surface area contributed by atoms with E-state index in [1.54, 1.807) is 11.1 Å². The molecule has 1 saturated heterocycles. The third-order valence-electron chi connectivity index (χ3n) is 5.53. The molecular weight excluding hydrogens is 474 g/mol. The molecule has 8 nitrogen and oxygen atoms in total. The van der Waals surface area contributed by atoms with Gasteiger partial charge in [-0.1, -0.05) is 30.3 Å². The number of aromatic nitrogens is 1. The fourth-order valence-corrected chi connectivity index (χ4v) is 4.32. The lowest BCUT2D eigenvalue weighted by Gasteiger charge is -2.35. The lowest BCUT2D eigenvalue weighted by Crippen LogP contribution is -2.50. The minimum Gasteiger partial charge on any atom is -0.492 e. The van der Waals surface area contributed by atoms with Crippen molar-refractivity contribution in [3.63, 3.8) is 0 Å². The van der Waals surface area contributed by atoms with Gasteiger partial charge in [-0.25, -0.2) is 9.78 Å². The highest BCUT2D eigenvalue weighted by Crippen LogP contribution is 2.24. The van der Waals surface area contributed by atoms with Crippen molar-refractivity contribution in [1.82, 2.24) is 14.8 Å². The van der Waals surface area contributed by atoms with Crippen LogP contribution < -0.4 is 10.2 Å². The van der Waals surface area contributed by atoms with Crippen molar-refractivity contribution in [3.05, 3.63) is 65.5 Å². The number of benzene rings is 2. The second-order valence-corrected chi connectivity index (χ2v) is 10.4. The first-order valence-electron chi connectivity index (χ1n) is 12.1. The third kappa shape index (κ3) is 7.79. The summed E-state index contributed by atoms with van der Waals surface area (Å²) in [6, 6.07) is 17.9. The Morgan fingerprint density at radius 2 is 1.81 bits per heavy atom. The average Bonchev–Trinajstić information content (AvgIpc) is 3.34. The molecule has 1 aromatic heterocycles. The van der Waals surface area contributed by atoms with Gasteiger partial charge in [0.2, 0.25) is 5.13 Å². The zero-order chi connectivity index (χ0) is 25.4. The van der Waals surface area contributed by atoms with E-state index in [1.807, 2.05) is 80.7 Å². The van der Waals surface area contributed by atoms with Gasteiger partial charge in [-0.15, -0.1) is 11.3 Å². The van der Waals surface area contributed by atoms with Crippen LogP contribution in [0.25, 0.3) is 11.3 Å². The third-order valence-corrected chi connectivity index (χ3v) is 6.27. The van der Waals surface area contributed by atoms with Gasteiger partial charge in [0.1, 0.15) is 18.0 Å². The minimum absolute atomic E-state index is 0.235. The molecule has 1 aliphatic rings. The molecule has 0 radical (unpaired) electrons. The summed E-state index contributed by atoms with van der Waals surface area (Å²) in [5.74, 6) is 0.819. The molecule has 0 bridgehead atoms. The molecule has 0 atom stereocenters. The molecule has 1 aliphatic heterocycles. The molecule has 0 spiro atoms. The van der Waals surface area contributed by atoms with Crippen molar-refractivity contribution in [2.75, 3.05) is 44.8 Å². The lowest BCUT2D eigenvalue weighted by molar-refractivity contribution is 0.0137. The number of anilines is 1. The van der Waals surface area contributed by atoms with Gasteiger partial charge in [-0.2, -0.15) is 5.10 Å². The number of hydrogen-bond donors (Lipinski definition) is 1. The first kappa shape index (κ1) is 25.7. The SMILES string of the molecule is CC(C)(C)OC(=O)N1CCN(CCOc2ccc(C=NNc3nc(-c4ccccc4)cs3)cc2)CC1. The van der Waals surface area contributed by atoms with Crippen LogP contribution in [0.5, 0.6) is 5.75 Å². The smallest absolute Gasteiger partial charge is 0.410 e. The standard InChI is InChI=1S/C27H33N5O3S/c1-27(2,3)35-26(33)32-15-13-31(14-16-32)17-18-34-23-11-9-21(10-12-23)19-28-30-25-29-24(20-36-25)22-7-5-4-6-8-22/h4-12,19-20H,13-18H2,1-3H3,(H,29,30). The minimum atomic E-state index is -0.464. The monoisotopic (exact) mass is 507 g/mol. The highest BCUT2D eigenvalue weighted by atomic mass is 32.1. The second-order valence-electron chi connectivity index (χ2n) is 9.50. The van der Waals surface area contributed by atoms with Gasteiger partial charge in [-0.05, 0) is 50.6 Å². The van der Waals surface area contributed by atoms with Gasteiger partial charge in [0, 0.05) is 43.7 Å². The fraction of sp³-hybridized carbons (Fsp3) is 0.370. The van der Waals surface area contributed by atoms with Crippen molar-refractivity contribution in [2.24, 2.45) is 5.10 Å². The Hall–Kier alpha value is -3.43. The van der Waals surface area contributed by atoms with E-state index in [-0.39, 0.29) is 6.09 Å². The molecule has 0 aliphatic carbocycles. The lowest BCUT2D eigenvalue weighted by atomic mass is 10.2. The Balaban J connectivity index is 1.15. The van der Waals surface area contributed by atoms with Crippen LogP contribution in [-0.2, 0) is 4.74 Å². The molecule has 9 heteroatoms. The quantitative estimate of drug-likeness (QED) is 0.334. The predicted molar refractivity (Wildman–Crippen MR) is 145 cm³/mol. The largest absolute Gasteiger partial charge is 0.492 e. The number of thiazole rings is 1. The number of hydrazone groups is 1. The number of nitrogens with one attached hydrogen (secondary N) is 1. The summed E-state index contributed by atoms with van der Waals surface area (Å²) in [7, 11) is 0. The Labute approximate surface area is 216 Å². The molecule has 2 aromatic carbocycles. The molecule has 190 valence electrons. The van der Waals surface area contributed by atoms with Gasteiger partial charge in [0.05, 0.1) is 11.9 Å². The molecule has 1 amide bonds. The van der Waals surface area contributed by atoms with Crippen LogP contribution in [0.15, 0.2) is 65.1 Å². The number of amides is 1. The molecule has 3 aromatic rings. The van der Waals surface area contributed by atoms with E-state index < -0.39 is 5.60 Å². The Kier molecular flexibility index (Phi) is 8.56. The van der Waals surface area contributed by atoms with E-state index in [0.717, 1.165) is 47.3 Å². The van der Waals surface area contributed by atoms with E-state index in [9.17, 15) is 4.79 Å². The van der Waals surface area contributed by atoms with Crippen LogP contribution in [0.3, 0.4) is 0 Å². The van der Waals surface area contributed by atoms with E-state index in [0.29, 0.717) is 19.7 Å². The molecule has 1 N–H and O–H groups in total. The maximum atomic E-state index is 12.2. The van der Waals surface area contributed by atoms with Gasteiger partial charge >= 0.3 is 6.09 Å².